The van der Waals surface area contributed by atoms with Gasteiger partial charge in [-0.1, -0.05) is 15.9 Å². The third-order valence-corrected chi connectivity index (χ3v) is 6.21. The summed E-state index contributed by atoms with van der Waals surface area (Å²) in [6, 6.07) is 0. The van der Waals surface area contributed by atoms with Gasteiger partial charge in [0.25, 0.3) is 0 Å². The first-order valence-corrected chi connectivity index (χ1v) is 5.69. The summed E-state index contributed by atoms with van der Waals surface area (Å²) in [5.41, 5.74) is 1.87. The molecule has 4 aliphatic carbocycles. The van der Waals surface area contributed by atoms with Gasteiger partial charge in [0.15, 0.2) is 0 Å². The van der Waals surface area contributed by atoms with Gasteiger partial charge in [-0.2, -0.15) is 0 Å². The first-order valence-electron chi connectivity index (χ1n) is 4.90. The van der Waals surface area contributed by atoms with E-state index in [1.165, 1.54) is 12.8 Å². The van der Waals surface area contributed by atoms with E-state index in [9.17, 15) is 0 Å². The maximum atomic E-state index is 3.91. The molecule has 0 aromatic rings. The van der Waals surface area contributed by atoms with E-state index in [0.717, 1.165) is 16.7 Å². The summed E-state index contributed by atoms with van der Waals surface area (Å²) >= 11 is 3.91. The summed E-state index contributed by atoms with van der Waals surface area (Å²) < 4.78 is 0.666. The molecule has 0 N–H and O–H groups in total. The average molecular weight is 213 g/mol. The van der Waals surface area contributed by atoms with E-state index in [0.29, 0.717) is 4.32 Å². The second-order valence-corrected chi connectivity index (χ2v) is 6.98. The van der Waals surface area contributed by atoms with E-state index in [2.05, 4.69) is 15.9 Å². The summed E-state index contributed by atoms with van der Waals surface area (Å²) in [5, 5.41) is 0. The lowest BCUT2D eigenvalue weighted by Crippen LogP contribution is -2.02. The summed E-state index contributed by atoms with van der Waals surface area (Å²) in [6.45, 7) is 0. The fourth-order valence-electron chi connectivity index (χ4n) is 3.62. The van der Waals surface area contributed by atoms with Crippen LogP contribution in [0.25, 0.3) is 0 Å². The van der Waals surface area contributed by atoms with Crippen molar-refractivity contribution in [2.45, 2.75) is 42.8 Å². The van der Waals surface area contributed by atoms with E-state index in [1.807, 2.05) is 0 Å². The van der Waals surface area contributed by atoms with Gasteiger partial charge in [-0.05, 0) is 55.3 Å². The van der Waals surface area contributed by atoms with Crippen molar-refractivity contribution in [3.05, 3.63) is 0 Å². The van der Waals surface area contributed by atoms with Crippen molar-refractivity contribution in [3.63, 3.8) is 0 Å². The molecule has 0 unspecified atom stereocenters. The topological polar surface area (TPSA) is 0 Å². The van der Waals surface area contributed by atoms with Crippen LogP contribution in [0.3, 0.4) is 0 Å². The molecule has 0 radical (unpaired) electrons. The predicted molar refractivity (Wildman–Crippen MR) is 47.7 cm³/mol. The van der Waals surface area contributed by atoms with Crippen LogP contribution in [0.4, 0.5) is 0 Å². The molecule has 4 aliphatic rings. The second-order valence-electron chi connectivity index (χ2n) is 5.40. The van der Waals surface area contributed by atoms with Crippen molar-refractivity contribution >= 4 is 15.9 Å². The number of hydrogen-bond donors (Lipinski definition) is 0. The minimum Gasteiger partial charge on any atom is -0.0850 e. The predicted octanol–water partition coefficient (Wildman–Crippen LogP) is 3.10. The minimum absolute atomic E-state index is 0.666. The van der Waals surface area contributed by atoms with Crippen LogP contribution in [0.5, 0.6) is 0 Å². The Morgan fingerprint density at radius 2 is 1.82 bits per heavy atom. The summed E-state index contributed by atoms with van der Waals surface area (Å²) in [4.78, 5) is 0. The van der Waals surface area contributed by atoms with E-state index < -0.39 is 0 Å². The quantitative estimate of drug-likeness (QED) is 0.587. The molecule has 0 amide bonds. The highest BCUT2D eigenvalue weighted by Gasteiger charge is 2.87. The molecule has 0 aromatic carbocycles. The van der Waals surface area contributed by atoms with Crippen LogP contribution < -0.4 is 0 Å². The Morgan fingerprint density at radius 3 is 2.27 bits per heavy atom. The molecule has 11 heavy (non-hydrogen) atoms. The lowest BCUT2D eigenvalue weighted by Gasteiger charge is -2.02. The van der Waals surface area contributed by atoms with Gasteiger partial charge in [-0.3, -0.25) is 0 Å². The Kier molecular flexibility index (Phi) is 0.682. The molecule has 2 atom stereocenters. The first-order chi connectivity index (χ1) is 5.21. The van der Waals surface area contributed by atoms with Crippen LogP contribution in [0.2, 0.25) is 0 Å². The number of rotatable bonds is 1. The third-order valence-electron chi connectivity index (χ3n) is 4.87. The fraction of sp³-hybridized carbons (Fsp3) is 1.00. The number of hydrogen-bond acceptors (Lipinski definition) is 0. The highest BCUT2D eigenvalue weighted by molar-refractivity contribution is 9.10. The Bertz CT molecular complexity index is 250. The molecular formula is C10H13Br. The zero-order valence-electron chi connectivity index (χ0n) is 6.70. The Balaban J connectivity index is 1.65. The molecule has 0 heterocycles. The molecule has 4 fully saturated rings. The smallest absolute Gasteiger partial charge is 0.0292 e. The lowest BCUT2D eigenvalue weighted by atomic mass is 10.1. The van der Waals surface area contributed by atoms with Gasteiger partial charge < -0.3 is 0 Å². The SMILES string of the molecule is BrC1([C@@H]2C[C@@]23CC32CC2)CC1. The van der Waals surface area contributed by atoms with Crippen molar-refractivity contribution in [3.8, 4) is 0 Å². The Hall–Kier alpha value is 0.480. The summed E-state index contributed by atoms with van der Waals surface area (Å²) in [5.74, 6) is 1.11. The average Bonchev–Trinajstić information content (AvgIpc) is 2.64. The standard InChI is InChI=1S/C10H13Br/c11-10(3-4-10)7-5-9(7)6-8(9)1-2-8/h7H,1-6H2/t7-,9-/m1/s1. The summed E-state index contributed by atoms with van der Waals surface area (Å²) in [7, 11) is 0. The molecule has 0 nitrogen and oxygen atoms in total. The molecular weight excluding hydrogens is 200 g/mol. The molecule has 0 aliphatic heterocycles. The molecule has 0 saturated heterocycles. The van der Waals surface area contributed by atoms with E-state index in [4.69, 9.17) is 0 Å². The van der Waals surface area contributed by atoms with Gasteiger partial charge >= 0.3 is 0 Å². The van der Waals surface area contributed by atoms with Crippen LogP contribution in [0.15, 0.2) is 0 Å². The van der Waals surface area contributed by atoms with Crippen LogP contribution in [-0.4, -0.2) is 4.32 Å². The van der Waals surface area contributed by atoms with Gasteiger partial charge in [0.2, 0.25) is 0 Å². The maximum Gasteiger partial charge on any atom is 0.0292 e. The maximum absolute atomic E-state index is 3.91. The number of halogens is 1. The number of fused-ring (bicyclic) bond motifs is 1. The van der Waals surface area contributed by atoms with Gasteiger partial charge in [0.05, 0.1) is 0 Å². The van der Waals surface area contributed by atoms with Crippen LogP contribution in [0, 0.1) is 16.7 Å². The lowest BCUT2D eigenvalue weighted by molar-refractivity contribution is 0.604. The molecule has 4 rings (SSSR count). The third kappa shape index (κ3) is 0.509. The van der Waals surface area contributed by atoms with Crippen molar-refractivity contribution < 1.29 is 0 Å². The van der Waals surface area contributed by atoms with E-state index in [1.54, 1.807) is 25.7 Å². The largest absolute Gasteiger partial charge is 0.0850 e. The van der Waals surface area contributed by atoms with E-state index >= 15 is 0 Å². The summed E-state index contributed by atoms with van der Waals surface area (Å²) in [6.07, 6.45) is 9.28. The number of alkyl halides is 1. The zero-order chi connectivity index (χ0) is 7.32. The highest BCUT2D eigenvalue weighted by atomic mass is 79.9. The van der Waals surface area contributed by atoms with Gasteiger partial charge in [0, 0.05) is 4.32 Å². The molecule has 4 saturated carbocycles. The monoisotopic (exact) mass is 212 g/mol. The Morgan fingerprint density at radius 1 is 1.09 bits per heavy atom. The second kappa shape index (κ2) is 1.25. The van der Waals surface area contributed by atoms with Crippen LogP contribution in [0.1, 0.15) is 38.5 Å². The van der Waals surface area contributed by atoms with Crippen LogP contribution in [-0.2, 0) is 0 Å². The van der Waals surface area contributed by atoms with Crippen molar-refractivity contribution in [2.75, 3.05) is 0 Å². The molecule has 0 aromatic heterocycles. The fourth-order valence-corrected chi connectivity index (χ4v) is 4.42. The molecule has 1 heteroatoms. The Labute approximate surface area is 75.9 Å². The minimum atomic E-state index is 0.666. The van der Waals surface area contributed by atoms with Crippen molar-refractivity contribution in [1.29, 1.82) is 0 Å². The first kappa shape index (κ1) is 6.01. The van der Waals surface area contributed by atoms with E-state index in [-0.39, 0.29) is 0 Å². The normalized spacial score (nSPS) is 58.1. The van der Waals surface area contributed by atoms with Crippen molar-refractivity contribution in [2.24, 2.45) is 16.7 Å². The molecule has 60 valence electrons. The van der Waals surface area contributed by atoms with Crippen molar-refractivity contribution in [1.82, 2.24) is 0 Å². The van der Waals surface area contributed by atoms with Gasteiger partial charge in [-0.15, -0.1) is 0 Å². The van der Waals surface area contributed by atoms with Gasteiger partial charge in [-0.25, -0.2) is 0 Å². The molecule has 2 spiro atoms. The van der Waals surface area contributed by atoms with Gasteiger partial charge in [0.1, 0.15) is 0 Å². The highest BCUT2D eigenvalue weighted by Crippen LogP contribution is 2.94. The van der Waals surface area contributed by atoms with Crippen LogP contribution >= 0.6 is 15.9 Å². The molecule has 0 bridgehead atoms. The zero-order valence-corrected chi connectivity index (χ0v) is 8.28.